The first kappa shape index (κ1) is 17.8. The van der Waals surface area contributed by atoms with E-state index < -0.39 is 0 Å². The molecule has 1 saturated heterocycles. The van der Waals surface area contributed by atoms with Crippen LogP contribution < -0.4 is 0 Å². The SMILES string of the molecule is c1ccc(CO[C@@H]2CCCN(Cc3ccc(-c4cccnc4)cc3)C2)nc1. The molecule has 4 nitrogen and oxygen atoms in total. The topological polar surface area (TPSA) is 38.2 Å². The second-order valence-electron chi connectivity index (χ2n) is 7.07. The number of rotatable bonds is 6. The maximum atomic E-state index is 6.10. The Labute approximate surface area is 160 Å². The molecule has 3 aromatic rings. The maximum Gasteiger partial charge on any atom is 0.0892 e. The fourth-order valence-corrected chi connectivity index (χ4v) is 3.57. The van der Waals surface area contributed by atoms with E-state index >= 15 is 0 Å². The van der Waals surface area contributed by atoms with Crippen molar-refractivity contribution >= 4 is 0 Å². The van der Waals surface area contributed by atoms with Crippen LogP contribution in [0.2, 0.25) is 0 Å². The first-order valence-electron chi connectivity index (χ1n) is 9.60. The molecule has 3 heterocycles. The largest absolute Gasteiger partial charge is 0.371 e. The molecule has 1 atom stereocenters. The number of hydrogen-bond donors (Lipinski definition) is 0. The number of hydrogen-bond acceptors (Lipinski definition) is 4. The second-order valence-corrected chi connectivity index (χ2v) is 7.07. The van der Waals surface area contributed by atoms with Gasteiger partial charge in [-0.2, -0.15) is 0 Å². The highest BCUT2D eigenvalue weighted by molar-refractivity contribution is 5.62. The summed E-state index contributed by atoms with van der Waals surface area (Å²) >= 11 is 0. The van der Waals surface area contributed by atoms with Crippen molar-refractivity contribution in [1.29, 1.82) is 0 Å². The molecule has 0 spiro atoms. The highest BCUT2D eigenvalue weighted by Gasteiger charge is 2.20. The van der Waals surface area contributed by atoms with Gasteiger partial charge in [0.25, 0.3) is 0 Å². The second kappa shape index (κ2) is 8.89. The van der Waals surface area contributed by atoms with Crippen LogP contribution in [-0.4, -0.2) is 34.1 Å². The van der Waals surface area contributed by atoms with E-state index in [1.54, 1.807) is 6.20 Å². The third-order valence-corrected chi connectivity index (χ3v) is 5.01. The maximum absolute atomic E-state index is 6.10. The smallest absolute Gasteiger partial charge is 0.0892 e. The third kappa shape index (κ3) is 5.00. The molecule has 4 rings (SSSR count). The number of benzene rings is 1. The van der Waals surface area contributed by atoms with Gasteiger partial charge in [0.05, 0.1) is 18.4 Å². The Bertz CT molecular complexity index is 821. The van der Waals surface area contributed by atoms with E-state index in [0.29, 0.717) is 6.61 Å². The summed E-state index contributed by atoms with van der Waals surface area (Å²) in [6, 6.07) is 18.8. The zero-order chi connectivity index (χ0) is 18.3. The summed E-state index contributed by atoms with van der Waals surface area (Å²) in [6.45, 7) is 3.68. The lowest BCUT2D eigenvalue weighted by Gasteiger charge is -2.32. The van der Waals surface area contributed by atoms with Gasteiger partial charge < -0.3 is 4.74 Å². The van der Waals surface area contributed by atoms with E-state index in [1.165, 1.54) is 17.5 Å². The summed E-state index contributed by atoms with van der Waals surface area (Å²) in [5, 5.41) is 0. The number of likely N-dealkylation sites (tertiary alicyclic amines) is 1. The van der Waals surface area contributed by atoms with Crippen molar-refractivity contribution in [3.8, 4) is 11.1 Å². The Kier molecular flexibility index (Phi) is 5.87. The number of nitrogens with zero attached hydrogens (tertiary/aromatic N) is 3. The molecule has 0 bridgehead atoms. The molecule has 1 fully saturated rings. The molecule has 27 heavy (non-hydrogen) atoms. The highest BCUT2D eigenvalue weighted by atomic mass is 16.5. The number of pyridine rings is 2. The molecule has 0 aliphatic carbocycles. The zero-order valence-corrected chi connectivity index (χ0v) is 15.5. The number of piperidine rings is 1. The molecule has 0 radical (unpaired) electrons. The molecule has 4 heteroatoms. The standard InChI is InChI=1S/C23H25N3O/c1-2-13-25-22(6-1)18-27-23-7-4-14-26(17-23)16-19-8-10-20(11-9-19)21-5-3-12-24-15-21/h1-3,5-6,8-13,15,23H,4,7,14,16-18H2/t23-/m1/s1. The van der Waals surface area contributed by atoms with Crippen molar-refractivity contribution in [3.05, 3.63) is 84.4 Å². The number of aromatic nitrogens is 2. The van der Waals surface area contributed by atoms with E-state index in [9.17, 15) is 0 Å². The summed E-state index contributed by atoms with van der Waals surface area (Å²) in [6.07, 6.45) is 8.13. The fourth-order valence-electron chi connectivity index (χ4n) is 3.57. The van der Waals surface area contributed by atoms with Gasteiger partial charge in [0.2, 0.25) is 0 Å². The lowest BCUT2D eigenvalue weighted by Crippen LogP contribution is -2.39. The van der Waals surface area contributed by atoms with Gasteiger partial charge in [-0.3, -0.25) is 14.9 Å². The van der Waals surface area contributed by atoms with Crippen LogP contribution in [0, 0.1) is 0 Å². The van der Waals surface area contributed by atoms with E-state index in [4.69, 9.17) is 4.74 Å². The van der Waals surface area contributed by atoms with E-state index in [1.807, 2.05) is 36.7 Å². The van der Waals surface area contributed by atoms with Crippen molar-refractivity contribution in [2.24, 2.45) is 0 Å². The Morgan fingerprint density at radius 1 is 0.963 bits per heavy atom. The fraction of sp³-hybridized carbons (Fsp3) is 0.304. The normalized spacial score (nSPS) is 17.7. The van der Waals surface area contributed by atoms with Crippen LogP contribution in [0.15, 0.2) is 73.2 Å². The Morgan fingerprint density at radius 3 is 2.67 bits per heavy atom. The van der Waals surface area contributed by atoms with E-state index in [-0.39, 0.29) is 6.10 Å². The molecule has 138 valence electrons. The lowest BCUT2D eigenvalue weighted by molar-refractivity contribution is -0.0132. The molecule has 1 aliphatic heterocycles. The van der Waals surface area contributed by atoms with Crippen LogP contribution in [0.1, 0.15) is 24.1 Å². The molecular formula is C23H25N3O. The summed E-state index contributed by atoms with van der Waals surface area (Å²) in [7, 11) is 0. The highest BCUT2D eigenvalue weighted by Crippen LogP contribution is 2.21. The Hall–Kier alpha value is -2.56. The molecule has 1 aliphatic rings. The van der Waals surface area contributed by atoms with E-state index in [0.717, 1.165) is 37.3 Å². The van der Waals surface area contributed by atoms with Crippen LogP contribution in [0.4, 0.5) is 0 Å². The molecule has 2 aromatic heterocycles. The van der Waals surface area contributed by atoms with Gasteiger partial charge in [-0.05, 0) is 54.3 Å². The average molecular weight is 359 g/mol. The molecule has 0 N–H and O–H groups in total. The summed E-state index contributed by atoms with van der Waals surface area (Å²) in [5.74, 6) is 0. The minimum atomic E-state index is 0.287. The van der Waals surface area contributed by atoms with Gasteiger partial charge in [-0.1, -0.05) is 36.4 Å². The van der Waals surface area contributed by atoms with Crippen molar-refractivity contribution in [2.45, 2.75) is 32.1 Å². The van der Waals surface area contributed by atoms with Gasteiger partial charge in [0.1, 0.15) is 0 Å². The zero-order valence-electron chi connectivity index (χ0n) is 15.5. The van der Waals surface area contributed by atoms with Gasteiger partial charge in [-0.25, -0.2) is 0 Å². The van der Waals surface area contributed by atoms with Crippen LogP contribution in [0.25, 0.3) is 11.1 Å². The van der Waals surface area contributed by atoms with Crippen LogP contribution in [-0.2, 0) is 17.9 Å². The molecule has 0 saturated carbocycles. The molecular weight excluding hydrogens is 334 g/mol. The number of ether oxygens (including phenoxy) is 1. The first-order valence-corrected chi connectivity index (χ1v) is 9.60. The Morgan fingerprint density at radius 2 is 1.89 bits per heavy atom. The average Bonchev–Trinajstić information content (AvgIpc) is 2.75. The van der Waals surface area contributed by atoms with Gasteiger partial charge in [0.15, 0.2) is 0 Å². The van der Waals surface area contributed by atoms with Crippen LogP contribution in [0.5, 0.6) is 0 Å². The van der Waals surface area contributed by atoms with Crippen molar-refractivity contribution in [3.63, 3.8) is 0 Å². The third-order valence-electron chi connectivity index (χ3n) is 5.01. The minimum Gasteiger partial charge on any atom is -0.371 e. The van der Waals surface area contributed by atoms with Crippen molar-refractivity contribution in [2.75, 3.05) is 13.1 Å². The van der Waals surface area contributed by atoms with Gasteiger partial charge in [-0.15, -0.1) is 0 Å². The summed E-state index contributed by atoms with van der Waals surface area (Å²) in [5.41, 5.74) is 4.71. The van der Waals surface area contributed by atoms with Gasteiger partial charge >= 0.3 is 0 Å². The van der Waals surface area contributed by atoms with Crippen molar-refractivity contribution < 1.29 is 4.74 Å². The molecule has 0 unspecified atom stereocenters. The Balaban J connectivity index is 1.31. The van der Waals surface area contributed by atoms with Gasteiger partial charge in [0, 0.05) is 31.7 Å². The predicted octanol–water partition coefficient (Wildman–Crippen LogP) is 4.32. The van der Waals surface area contributed by atoms with Crippen molar-refractivity contribution in [1.82, 2.24) is 14.9 Å². The molecule has 1 aromatic carbocycles. The minimum absolute atomic E-state index is 0.287. The van der Waals surface area contributed by atoms with Crippen LogP contribution in [0.3, 0.4) is 0 Å². The quantitative estimate of drug-likeness (QED) is 0.657. The monoisotopic (exact) mass is 359 g/mol. The summed E-state index contributed by atoms with van der Waals surface area (Å²) in [4.78, 5) is 11.0. The molecule has 0 amide bonds. The van der Waals surface area contributed by atoms with Crippen LogP contribution >= 0.6 is 0 Å². The van der Waals surface area contributed by atoms with E-state index in [2.05, 4.69) is 45.2 Å². The summed E-state index contributed by atoms with van der Waals surface area (Å²) < 4.78 is 6.10. The predicted molar refractivity (Wildman–Crippen MR) is 107 cm³/mol. The first-order chi connectivity index (χ1) is 13.4. The lowest BCUT2D eigenvalue weighted by atomic mass is 10.0.